The summed E-state index contributed by atoms with van der Waals surface area (Å²) in [5.74, 6) is 0. The molecule has 1 heterocycles. The smallest absolute Gasteiger partial charge is 0.0547 e. The van der Waals surface area contributed by atoms with Crippen LogP contribution in [0.2, 0.25) is 0 Å². The Morgan fingerprint density at radius 3 is 2.50 bits per heavy atom. The van der Waals surface area contributed by atoms with E-state index < -0.39 is 0 Å². The van der Waals surface area contributed by atoms with Gasteiger partial charge in [-0.25, -0.2) is 0 Å². The largest absolute Gasteiger partial charge is 0.315 e. The third kappa shape index (κ3) is 5.24. The minimum absolute atomic E-state index is 0.857. The maximum atomic E-state index is 4.49. The lowest BCUT2D eigenvalue weighted by atomic mass is 10.2. The van der Waals surface area contributed by atoms with Crippen molar-refractivity contribution < 1.29 is 0 Å². The lowest BCUT2D eigenvalue weighted by Gasteiger charge is -2.07. The first kappa shape index (κ1) is 13.1. The minimum Gasteiger partial charge on any atom is -0.315 e. The van der Waals surface area contributed by atoms with E-state index in [0.29, 0.717) is 0 Å². The summed E-state index contributed by atoms with van der Waals surface area (Å²) in [5, 5.41) is 6.75. The molecular formula is C13H23N3. The topological polar surface area (TPSA) is 37.0 Å². The van der Waals surface area contributed by atoms with Gasteiger partial charge in [0.2, 0.25) is 0 Å². The SMILES string of the molecule is CCCNCCNCc1cc(C)cc(C)n1. The van der Waals surface area contributed by atoms with E-state index in [4.69, 9.17) is 0 Å². The van der Waals surface area contributed by atoms with Gasteiger partial charge >= 0.3 is 0 Å². The lowest BCUT2D eigenvalue weighted by Crippen LogP contribution is -2.27. The fourth-order valence-electron chi connectivity index (χ4n) is 1.71. The predicted octanol–water partition coefficient (Wildman–Crippen LogP) is 1.79. The van der Waals surface area contributed by atoms with Gasteiger partial charge in [-0.05, 0) is 44.5 Å². The molecule has 0 saturated heterocycles. The maximum Gasteiger partial charge on any atom is 0.0547 e. The first-order valence-corrected chi connectivity index (χ1v) is 6.08. The van der Waals surface area contributed by atoms with E-state index in [0.717, 1.165) is 37.6 Å². The molecule has 0 spiro atoms. The summed E-state index contributed by atoms with van der Waals surface area (Å²) in [6.07, 6.45) is 1.19. The van der Waals surface area contributed by atoms with E-state index in [1.807, 2.05) is 6.92 Å². The van der Waals surface area contributed by atoms with Gasteiger partial charge in [0.1, 0.15) is 0 Å². The molecule has 0 radical (unpaired) electrons. The molecule has 0 saturated carbocycles. The highest BCUT2D eigenvalue weighted by molar-refractivity contribution is 5.19. The predicted molar refractivity (Wildman–Crippen MR) is 68.6 cm³/mol. The van der Waals surface area contributed by atoms with Crippen molar-refractivity contribution in [2.24, 2.45) is 0 Å². The monoisotopic (exact) mass is 221 g/mol. The van der Waals surface area contributed by atoms with Gasteiger partial charge in [0, 0.05) is 25.3 Å². The Hall–Kier alpha value is -0.930. The molecule has 0 aliphatic rings. The van der Waals surface area contributed by atoms with E-state index in [1.54, 1.807) is 0 Å². The molecule has 0 atom stereocenters. The van der Waals surface area contributed by atoms with Crippen molar-refractivity contribution in [3.05, 3.63) is 29.1 Å². The average molecular weight is 221 g/mol. The van der Waals surface area contributed by atoms with Gasteiger partial charge < -0.3 is 10.6 Å². The summed E-state index contributed by atoms with van der Waals surface area (Å²) in [6, 6.07) is 4.24. The van der Waals surface area contributed by atoms with Crippen LogP contribution >= 0.6 is 0 Å². The molecule has 0 bridgehead atoms. The molecule has 2 N–H and O–H groups in total. The zero-order chi connectivity index (χ0) is 11.8. The number of pyridine rings is 1. The Morgan fingerprint density at radius 1 is 1.06 bits per heavy atom. The molecule has 3 nitrogen and oxygen atoms in total. The molecule has 0 aromatic carbocycles. The molecule has 1 aromatic rings. The Labute approximate surface area is 98.7 Å². The van der Waals surface area contributed by atoms with Crippen LogP contribution in [0.5, 0.6) is 0 Å². The van der Waals surface area contributed by atoms with Crippen molar-refractivity contribution in [1.82, 2.24) is 15.6 Å². The number of nitrogens with zero attached hydrogens (tertiary/aromatic N) is 1. The molecule has 0 unspecified atom stereocenters. The Kier molecular flexibility index (Phi) is 6.04. The van der Waals surface area contributed by atoms with Crippen LogP contribution in [-0.4, -0.2) is 24.6 Å². The van der Waals surface area contributed by atoms with Gasteiger partial charge in [0.15, 0.2) is 0 Å². The second kappa shape index (κ2) is 7.36. The van der Waals surface area contributed by atoms with Crippen molar-refractivity contribution in [3.8, 4) is 0 Å². The molecule has 1 aromatic heterocycles. The van der Waals surface area contributed by atoms with Crippen LogP contribution < -0.4 is 10.6 Å². The van der Waals surface area contributed by atoms with Crippen molar-refractivity contribution >= 4 is 0 Å². The summed E-state index contributed by atoms with van der Waals surface area (Å²) in [7, 11) is 0. The first-order valence-electron chi connectivity index (χ1n) is 6.08. The normalized spacial score (nSPS) is 10.7. The van der Waals surface area contributed by atoms with Crippen LogP contribution in [0.3, 0.4) is 0 Å². The summed E-state index contributed by atoms with van der Waals surface area (Å²) in [6.45, 7) is 10.3. The lowest BCUT2D eigenvalue weighted by molar-refractivity contribution is 0.601. The number of aromatic nitrogens is 1. The summed E-state index contributed by atoms with van der Waals surface area (Å²) in [5.41, 5.74) is 3.52. The van der Waals surface area contributed by atoms with Gasteiger partial charge in [-0.1, -0.05) is 6.92 Å². The highest BCUT2D eigenvalue weighted by atomic mass is 14.9. The fourth-order valence-corrected chi connectivity index (χ4v) is 1.71. The zero-order valence-electron chi connectivity index (χ0n) is 10.6. The van der Waals surface area contributed by atoms with Crippen LogP contribution in [0.25, 0.3) is 0 Å². The number of rotatable bonds is 7. The Bertz CT molecular complexity index is 290. The third-order valence-corrected chi connectivity index (χ3v) is 2.36. The average Bonchev–Trinajstić information content (AvgIpc) is 2.22. The van der Waals surface area contributed by atoms with Crippen LogP contribution in [0.4, 0.5) is 0 Å². The van der Waals surface area contributed by atoms with Crippen LogP contribution in [0, 0.1) is 13.8 Å². The minimum atomic E-state index is 0.857. The van der Waals surface area contributed by atoms with Crippen molar-refractivity contribution in [1.29, 1.82) is 0 Å². The van der Waals surface area contributed by atoms with Crippen molar-refractivity contribution in [2.75, 3.05) is 19.6 Å². The van der Waals surface area contributed by atoms with E-state index in [1.165, 1.54) is 12.0 Å². The standard InChI is InChI=1S/C13H23N3/c1-4-5-14-6-7-15-10-13-9-11(2)8-12(3)16-13/h8-9,14-15H,4-7,10H2,1-3H3. The highest BCUT2D eigenvalue weighted by Gasteiger charge is 1.96. The summed E-state index contributed by atoms with van der Waals surface area (Å²) >= 11 is 0. The van der Waals surface area contributed by atoms with E-state index >= 15 is 0 Å². The van der Waals surface area contributed by atoms with Crippen LogP contribution in [0.15, 0.2) is 12.1 Å². The molecule has 16 heavy (non-hydrogen) atoms. The number of hydrogen-bond acceptors (Lipinski definition) is 3. The molecule has 3 heteroatoms. The summed E-state index contributed by atoms with van der Waals surface area (Å²) < 4.78 is 0. The Morgan fingerprint density at radius 2 is 1.81 bits per heavy atom. The number of hydrogen-bond donors (Lipinski definition) is 2. The molecule has 0 aliphatic heterocycles. The van der Waals surface area contributed by atoms with Gasteiger partial charge in [-0.2, -0.15) is 0 Å². The fraction of sp³-hybridized carbons (Fsp3) is 0.615. The van der Waals surface area contributed by atoms with Gasteiger partial charge in [-0.15, -0.1) is 0 Å². The maximum absolute atomic E-state index is 4.49. The first-order chi connectivity index (χ1) is 7.72. The number of aryl methyl sites for hydroxylation is 2. The van der Waals surface area contributed by atoms with Crippen molar-refractivity contribution in [3.63, 3.8) is 0 Å². The molecule has 1 rings (SSSR count). The summed E-state index contributed by atoms with van der Waals surface area (Å²) in [4.78, 5) is 4.49. The third-order valence-electron chi connectivity index (χ3n) is 2.36. The Balaban J connectivity index is 2.21. The zero-order valence-corrected chi connectivity index (χ0v) is 10.6. The van der Waals surface area contributed by atoms with Gasteiger partial charge in [-0.3, -0.25) is 4.98 Å². The second-order valence-electron chi connectivity index (χ2n) is 4.20. The van der Waals surface area contributed by atoms with Gasteiger partial charge in [0.05, 0.1) is 5.69 Å². The van der Waals surface area contributed by atoms with Gasteiger partial charge in [0.25, 0.3) is 0 Å². The number of nitrogens with one attached hydrogen (secondary N) is 2. The highest BCUT2D eigenvalue weighted by Crippen LogP contribution is 2.03. The molecule has 90 valence electrons. The van der Waals surface area contributed by atoms with Crippen molar-refractivity contribution in [2.45, 2.75) is 33.7 Å². The quantitative estimate of drug-likeness (QED) is 0.689. The van der Waals surface area contributed by atoms with E-state index in [9.17, 15) is 0 Å². The van der Waals surface area contributed by atoms with E-state index in [2.05, 4.69) is 41.6 Å². The molecular weight excluding hydrogens is 198 g/mol. The van der Waals surface area contributed by atoms with Crippen LogP contribution in [0.1, 0.15) is 30.3 Å². The molecule has 0 fully saturated rings. The van der Waals surface area contributed by atoms with Crippen LogP contribution in [-0.2, 0) is 6.54 Å². The van der Waals surface area contributed by atoms with E-state index in [-0.39, 0.29) is 0 Å². The second-order valence-corrected chi connectivity index (χ2v) is 4.20. The molecule has 0 aliphatic carbocycles. The molecule has 0 amide bonds.